The molecule has 1 fully saturated rings. The van der Waals surface area contributed by atoms with Gasteiger partial charge in [-0.1, -0.05) is 49.4 Å². The molecule has 0 bridgehead atoms. The molecule has 1 unspecified atom stereocenters. The van der Waals surface area contributed by atoms with Crippen LogP contribution in [-0.4, -0.2) is 46.8 Å². The van der Waals surface area contributed by atoms with Crippen LogP contribution in [0.2, 0.25) is 0 Å². The van der Waals surface area contributed by atoms with E-state index in [0.717, 1.165) is 42.3 Å². The summed E-state index contributed by atoms with van der Waals surface area (Å²) in [5.41, 5.74) is 3.22. The highest BCUT2D eigenvalue weighted by Gasteiger charge is 2.28. The van der Waals surface area contributed by atoms with Crippen LogP contribution in [0.1, 0.15) is 43.4 Å². The number of halogens is 2. The summed E-state index contributed by atoms with van der Waals surface area (Å²) in [5.74, 6) is 0.729. The summed E-state index contributed by atoms with van der Waals surface area (Å²) in [5, 5.41) is 4.79. The number of hydrogen-bond donors (Lipinski definition) is 0. The Morgan fingerprint density at radius 3 is 2.48 bits per heavy atom. The predicted octanol–water partition coefficient (Wildman–Crippen LogP) is 5.10. The fourth-order valence-corrected chi connectivity index (χ4v) is 4.79. The second kappa shape index (κ2) is 10.1. The van der Waals surface area contributed by atoms with Gasteiger partial charge in [0.25, 0.3) is 0 Å². The van der Waals surface area contributed by atoms with E-state index in [2.05, 4.69) is 4.90 Å². The van der Waals surface area contributed by atoms with E-state index in [9.17, 15) is 9.18 Å². The highest BCUT2D eigenvalue weighted by atomic mass is 35.5. The van der Waals surface area contributed by atoms with Crippen molar-refractivity contribution < 1.29 is 9.18 Å². The topological polar surface area (TPSA) is 41.4 Å². The standard InChI is InChI=1S/C26H29FN4O.ClH/c1-19(21-9-10-22(23(27)17-21)20-7-3-2-4-8-20)24-18-25-30(16-15-29-12-5-6-13-29)26(32)11-14-31(25)28-24;/h2-4,7-10,17-19H,5-6,11-16H2,1H3;1H. The summed E-state index contributed by atoms with van der Waals surface area (Å²) in [7, 11) is 0. The number of nitrogens with zero attached hydrogens (tertiary/aromatic N) is 4. The Morgan fingerprint density at radius 2 is 1.76 bits per heavy atom. The molecule has 2 aliphatic rings. The number of amides is 1. The first kappa shape index (κ1) is 23.5. The van der Waals surface area contributed by atoms with Gasteiger partial charge in [-0.3, -0.25) is 9.69 Å². The first-order valence-corrected chi connectivity index (χ1v) is 11.6. The maximum Gasteiger partial charge on any atom is 0.230 e. The average molecular weight is 469 g/mol. The fourth-order valence-electron chi connectivity index (χ4n) is 4.79. The Morgan fingerprint density at radius 1 is 1.00 bits per heavy atom. The van der Waals surface area contributed by atoms with Gasteiger partial charge in [0.2, 0.25) is 5.91 Å². The number of aromatic nitrogens is 2. The maximum absolute atomic E-state index is 14.9. The molecule has 5 nitrogen and oxygen atoms in total. The van der Waals surface area contributed by atoms with Crippen LogP contribution in [-0.2, 0) is 11.3 Å². The zero-order valence-electron chi connectivity index (χ0n) is 18.9. The Hall–Kier alpha value is -2.70. The zero-order chi connectivity index (χ0) is 22.1. The van der Waals surface area contributed by atoms with Crippen LogP contribution >= 0.6 is 12.4 Å². The third-order valence-electron chi connectivity index (χ3n) is 6.75. The van der Waals surface area contributed by atoms with Crippen LogP contribution in [0.25, 0.3) is 11.1 Å². The van der Waals surface area contributed by atoms with Crippen molar-refractivity contribution in [3.63, 3.8) is 0 Å². The van der Waals surface area contributed by atoms with Gasteiger partial charge in [-0.05, 0) is 43.1 Å². The number of fused-ring (bicyclic) bond motifs is 1. The second-order valence-electron chi connectivity index (χ2n) is 8.82. The molecule has 2 aromatic carbocycles. The lowest BCUT2D eigenvalue weighted by molar-refractivity contribution is -0.119. The molecule has 2 aliphatic heterocycles. The van der Waals surface area contributed by atoms with E-state index in [1.165, 1.54) is 12.8 Å². The van der Waals surface area contributed by atoms with Crippen molar-refractivity contribution in [3.05, 3.63) is 71.7 Å². The van der Waals surface area contributed by atoms with Crippen molar-refractivity contribution in [3.8, 4) is 11.1 Å². The summed E-state index contributed by atoms with van der Waals surface area (Å²) in [6.45, 7) is 6.47. The van der Waals surface area contributed by atoms with Gasteiger partial charge in [0.05, 0.1) is 12.2 Å². The van der Waals surface area contributed by atoms with Crippen LogP contribution in [0.15, 0.2) is 54.6 Å². The minimum Gasteiger partial charge on any atom is -0.302 e. The quantitative estimate of drug-likeness (QED) is 0.505. The van der Waals surface area contributed by atoms with Gasteiger partial charge in [-0.25, -0.2) is 9.07 Å². The minimum atomic E-state index is -0.230. The third-order valence-corrected chi connectivity index (χ3v) is 6.75. The first-order chi connectivity index (χ1) is 15.6. The summed E-state index contributed by atoms with van der Waals surface area (Å²) < 4.78 is 16.9. The summed E-state index contributed by atoms with van der Waals surface area (Å²) in [4.78, 5) is 16.9. The van der Waals surface area contributed by atoms with Crippen molar-refractivity contribution in [2.45, 2.75) is 38.6 Å². The first-order valence-electron chi connectivity index (χ1n) is 11.6. The van der Waals surface area contributed by atoms with E-state index in [0.29, 0.717) is 25.1 Å². The van der Waals surface area contributed by atoms with Gasteiger partial charge >= 0.3 is 0 Å². The van der Waals surface area contributed by atoms with E-state index in [1.54, 1.807) is 6.07 Å². The molecule has 0 spiro atoms. The lowest BCUT2D eigenvalue weighted by Gasteiger charge is -2.29. The molecule has 174 valence electrons. The molecule has 3 heterocycles. The van der Waals surface area contributed by atoms with Gasteiger partial charge in [-0.2, -0.15) is 5.10 Å². The number of carbonyl (C=O) groups is 1. The molecule has 0 radical (unpaired) electrons. The molecule has 1 aromatic heterocycles. The molecule has 1 atom stereocenters. The van der Waals surface area contributed by atoms with E-state index >= 15 is 0 Å². The molecule has 7 heteroatoms. The molecule has 0 aliphatic carbocycles. The van der Waals surface area contributed by atoms with Gasteiger partial charge < -0.3 is 4.90 Å². The summed E-state index contributed by atoms with van der Waals surface area (Å²) in [6, 6.07) is 17.0. The van der Waals surface area contributed by atoms with Crippen molar-refractivity contribution in [1.29, 1.82) is 0 Å². The number of aryl methyl sites for hydroxylation is 1. The Balaban J connectivity index is 0.00000259. The fraction of sp³-hybridized carbons (Fsp3) is 0.385. The molecular weight excluding hydrogens is 439 g/mol. The van der Waals surface area contributed by atoms with Gasteiger partial charge in [-0.15, -0.1) is 12.4 Å². The van der Waals surface area contributed by atoms with Crippen LogP contribution < -0.4 is 4.90 Å². The molecule has 1 saturated heterocycles. The Bertz CT molecular complexity index is 1110. The predicted molar refractivity (Wildman–Crippen MR) is 131 cm³/mol. The number of carbonyl (C=O) groups excluding carboxylic acids is 1. The summed E-state index contributed by atoms with van der Waals surface area (Å²) in [6.07, 6.45) is 2.96. The zero-order valence-corrected chi connectivity index (χ0v) is 19.7. The lowest BCUT2D eigenvalue weighted by Crippen LogP contribution is -2.42. The van der Waals surface area contributed by atoms with Crippen LogP contribution in [0.3, 0.4) is 0 Å². The van der Waals surface area contributed by atoms with Gasteiger partial charge in [0.1, 0.15) is 11.6 Å². The number of likely N-dealkylation sites (tertiary alicyclic amines) is 1. The molecule has 1 amide bonds. The average Bonchev–Trinajstić information content (AvgIpc) is 3.48. The van der Waals surface area contributed by atoms with E-state index in [-0.39, 0.29) is 30.0 Å². The van der Waals surface area contributed by atoms with E-state index in [4.69, 9.17) is 5.10 Å². The minimum absolute atomic E-state index is 0. The normalized spacial score (nSPS) is 17.0. The number of benzene rings is 2. The van der Waals surface area contributed by atoms with Crippen molar-refractivity contribution >= 4 is 24.1 Å². The molecular formula is C26H30ClFN4O. The largest absolute Gasteiger partial charge is 0.302 e. The van der Waals surface area contributed by atoms with Gasteiger partial charge in [0, 0.05) is 37.1 Å². The monoisotopic (exact) mass is 468 g/mol. The van der Waals surface area contributed by atoms with Crippen LogP contribution in [0, 0.1) is 5.82 Å². The highest BCUT2D eigenvalue weighted by molar-refractivity contribution is 5.93. The van der Waals surface area contributed by atoms with E-state index in [1.807, 2.05) is 65.0 Å². The maximum atomic E-state index is 14.9. The van der Waals surface area contributed by atoms with Crippen LogP contribution in [0.5, 0.6) is 0 Å². The molecule has 0 saturated carbocycles. The molecule has 5 rings (SSSR count). The number of hydrogen-bond acceptors (Lipinski definition) is 3. The van der Waals surface area contributed by atoms with Crippen molar-refractivity contribution in [2.24, 2.45) is 0 Å². The summed E-state index contributed by atoms with van der Waals surface area (Å²) >= 11 is 0. The molecule has 3 aromatic rings. The lowest BCUT2D eigenvalue weighted by atomic mass is 9.95. The SMILES string of the molecule is CC(c1ccc(-c2ccccc2)c(F)c1)c1cc2n(n1)CCC(=O)N2CCN1CCCC1.Cl. The van der Waals surface area contributed by atoms with Crippen LogP contribution in [0.4, 0.5) is 10.2 Å². The Labute approximate surface area is 200 Å². The molecule has 33 heavy (non-hydrogen) atoms. The highest BCUT2D eigenvalue weighted by Crippen LogP contribution is 2.32. The third kappa shape index (κ3) is 4.82. The number of anilines is 1. The van der Waals surface area contributed by atoms with E-state index < -0.39 is 0 Å². The molecule has 0 N–H and O–H groups in total. The van der Waals surface area contributed by atoms with Crippen molar-refractivity contribution in [2.75, 3.05) is 31.1 Å². The Kier molecular flexibility index (Phi) is 7.15. The second-order valence-corrected chi connectivity index (χ2v) is 8.82. The number of rotatable bonds is 6. The van der Waals surface area contributed by atoms with Gasteiger partial charge in [0.15, 0.2) is 0 Å². The van der Waals surface area contributed by atoms with Crippen molar-refractivity contribution in [1.82, 2.24) is 14.7 Å². The smallest absolute Gasteiger partial charge is 0.230 e.